The highest BCUT2D eigenvalue weighted by Gasteiger charge is 2.79. The van der Waals surface area contributed by atoms with Crippen molar-refractivity contribution >= 4 is 11.8 Å². The largest absolute Gasteiger partial charge is 0.504 e. The van der Waals surface area contributed by atoms with Gasteiger partial charge in [-0.2, -0.15) is 0 Å². The SMILES string of the molecule is C=C(C)[C@]12C[C@@H](C)[C@@]34OC(c5ccccc5)(O[C@@H]1[C@@H]3C=C(COC(=O)c1ccc(O)c(OC)c1)C[C@]1(O)C(=O)C(C)=C[C@@H]41)O2. The first-order valence-corrected chi connectivity index (χ1v) is 14.9. The quantitative estimate of drug-likeness (QED) is 0.358. The van der Waals surface area contributed by atoms with E-state index in [4.69, 9.17) is 23.7 Å². The topological polar surface area (TPSA) is 121 Å². The number of ether oxygens (including phenoxy) is 5. The lowest BCUT2D eigenvalue weighted by molar-refractivity contribution is -0.433. The summed E-state index contributed by atoms with van der Waals surface area (Å²) in [5.74, 6) is -3.93. The molecular formula is C35H36O9. The molecule has 2 aromatic rings. The molecule has 8 atom stereocenters. The van der Waals surface area contributed by atoms with Gasteiger partial charge in [0.05, 0.1) is 18.3 Å². The molecular weight excluding hydrogens is 564 g/mol. The van der Waals surface area contributed by atoms with Crippen molar-refractivity contribution in [2.75, 3.05) is 13.7 Å². The highest BCUT2D eigenvalue weighted by Crippen LogP contribution is 2.69. The van der Waals surface area contributed by atoms with Crippen molar-refractivity contribution in [3.05, 3.63) is 95.1 Å². The fourth-order valence-electron chi connectivity index (χ4n) is 8.30. The number of aliphatic hydroxyl groups is 1. The Balaban J connectivity index is 1.34. The van der Waals surface area contributed by atoms with Crippen molar-refractivity contribution < 1.29 is 43.5 Å². The number of phenols is 1. The van der Waals surface area contributed by atoms with E-state index in [2.05, 4.69) is 13.5 Å². The molecule has 2 saturated heterocycles. The third kappa shape index (κ3) is 3.73. The number of aromatic hydroxyl groups is 1. The van der Waals surface area contributed by atoms with Crippen molar-refractivity contribution in [1.82, 2.24) is 0 Å². The number of fused-ring (bicyclic) bond motifs is 2. The van der Waals surface area contributed by atoms with Gasteiger partial charge in [-0.15, -0.1) is 0 Å². The van der Waals surface area contributed by atoms with Gasteiger partial charge in [0.2, 0.25) is 0 Å². The van der Waals surface area contributed by atoms with E-state index >= 15 is 0 Å². The highest BCUT2D eigenvalue weighted by atomic mass is 16.9. The molecule has 0 radical (unpaired) electrons. The second kappa shape index (κ2) is 9.62. The maximum atomic E-state index is 13.8. The Morgan fingerprint density at radius 2 is 1.89 bits per heavy atom. The molecule has 44 heavy (non-hydrogen) atoms. The summed E-state index contributed by atoms with van der Waals surface area (Å²) in [5, 5.41) is 22.3. The Labute approximate surface area is 255 Å². The molecule has 9 heteroatoms. The smallest absolute Gasteiger partial charge is 0.338 e. The molecule has 9 nitrogen and oxygen atoms in total. The Morgan fingerprint density at radius 3 is 2.59 bits per heavy atom. The predicted molar refractivity (Wildman–Crippen MR) is 158 cm³/mol. The van der Waals surface area contributed by atoms with Crippen LogP contribution in [0.2, 0.25) is 0 Å². The number of esters is 1. The van der Waals surface area contributed by atoms with Gasteiger partial charge in [0.25, 0.3) is 0 Å². The monoisotopic (exact) mass is 600 g/mol. The predicted octanol–water partition coefficient (Wildman–Crippen LogP) is 4.73. The lowest BCUT2D eigenvalue weighted by Crippen LogP contribution is -2.70. The third-order valence-corrected chi connectivity index (χ3v) is 10.3. The minimum absolute atomic E-state index is 0.0448. The van der Waals surface area contributed by atoms with Crippen LogP contribution in [0.25, 0.3) is 0 Å². The number of ketones is 1. The zero-order chi connectivity index (χ0) is 31.2. The van der Waals surface area contributed by atoms with E-state index < -0.39 is 46.7 Å². The third-order valence-electron chi connectivity index (χ3n) is 10.3. The number of benzene rings is 2. The van der Waals surface area contributed by atoms with Crippen LogP contribution in [0.1, 0.15) is 49.5 Å². The summed E-state index contributed by atoms with van der Waals surface area (Å²) in [7, 11) is 1.39. The summed E-state index contributed by atoms with van der Waals surface area (Å²) in [6.07, 6.45) is 3.72. The Morgan fingerprint density at radius 1 is 1.14 bits per heavy atom. The maximum absolute atomic E-state index is 13.8. The van der Waals surface area contributed by atoms with E-state index in [-0.39, 0.29) is 41.8 Å². The number of Topliss-reactive ketones (excluding diaryl/α,β-unsaturated/α-hetero) is 1. The number of hydrogen-bond acceptors (Lipinski definition) is 9. The number of carbonyl (C=O) groups excluding carboxylic acids is 2. The molecule has 3 aliphatic carbocycles. The van der Waals surface area contributed by atoms with Crippen molar-refractivity contribution in [2.24, 2.45) is 17.8 Å². The first kappa shape index (κ1) is 29.0. The minimum atomic E-state index is -1.83. The van der Waals surface area contributed by atoms with Crippen LogP contribution in [0.4, 0.5) is 0 Å². The van der Waals surface area contributed by atoms with Gasteiger partial charge in [0.15, 0.2) is 17.3 Å². The van der Waals surface area contributed by atoms with Crippen LogP contribution in [-0.4, -0.2) is 58.6 Å². The molecule has 0 amide bonds. The van der Waals surface area contributed by atoms with Gasteiger partial charge in [0.1, 0.15) is 23.9 Å². The molecule has 3 bridgehead atoms. The molecule has 2 N–H and O–H groups in total. The van der Waals surface area contributed by atoms with E-state index in [1.54, 1.807) is 6.92 Å². The molecule has 1 unspecified atom stereocenters. The second-order valence-corrected chi connectivity index (χ2v) is 12.9. The molecule has 2 aromatic carbocycles. The van der Waals surface area contributed by atoms with Gasteiger partial charge in [-0.05, 0) is 61.1 Å². The van der Waals surface area contributed by atoms with Crippen molar-refractivity contribution in [2.45, 2.75) is 62.5 Å². The first-order chi connectivity index (χ1) is 20.9. The van der Waals surface area contributed by atoms with Crippen LogP contribution in [-0.2, 0) is 29.7 Å². The van der Waals surface area contributed by atoms with Crippen LogP contribution in [0.3, 0.4) is 0 Å². The normalized spacial score (nSPS) is 38.2. The van der Waals surface area contributed by atoms with Crippen molar-refractivity contribution in [3.8, 4) is 11.5 Å². The molecule has 2 heterocycles. The van der Waals surface area contributed by atoms with Crippen LogP contribution < -0.4 is 4.74 Å². The lowest BCUT2D eigenvalue weighted by atomic mass is 9.55. The fourth-order valence-corrected chi connectivity index (χ4v) is 8.30. The molecule has 1 saturated carbocycles. The van der Waals surface area contributed by atoms with Gasteiger partial charge in [-0.1, -0.05) is 56.0 Å². The standard InChI is InChI=1S/C35H36O9/c1-19(2)33-16-21(4)34-25(30(33)42-35(43-33,44-34)24-9-7-6-8-10-24)14-22(17-32(39)28(34)13-20(3)29(32)37)18-41-31(38)23-11-12-26(36)27(15-23)40-5/h6-15,21,25,28,30,36,39H,1,16-18H2,2-5H3/t21-,25+,28-,30-,32-,33-,34-,35?/m1/s1. The number of phenolic OH excluding ortho intramolecular Hbond substituents is 1. The molecule has 3 fully saturated rings. The van der Waals surface area contributed by atoms with E-state index in [0.29, 0.717) is 23.1 Å². The van der Waals surface area contributed by atoms with Gasteiger partial charge in [-0.3, -0.25) is 4.79 Å². The van der Waals surface area contributed by atoms with Crippen molar-refractivity contribution in [1.29, 1.82) is 0 Å². The van der Waals surface area contributed by atoms with Crippen LogP contribution in [0.5, 0.6) is 11.5 Å². The second-order valence-electron chi connectivity index (χ2n) is 12.9. The summed E-state index contributed by atoms with van der Waals surface area (Å²) in [6, 6.07) is 13.6. The van der Waals surface area contributed by atoms with E-state index in [1.165, 1.54) is 25.3 Å². The molecule has 2 aliphatic heterocycles. The van der Waals surface area contributed by atoms with Crippen LogP contribution in [0, 0.1) is 17.8 Å². The average Bonchev–Trinajstić information content (AvgIpc) is 3.32. The lowest BCUT2D eigenvalue weighted by Gasteiger charge is -2.59. The summed E-state index contributed by atoms with van der Waals surface area (Å²) in [6.45, 7) is 9.86. The van der Waals surface area contributed by atoms with Gasteiger partial charge in [0, 0.05) is 23.8 Å². The summed E-state index contributed by atoms with van der Waals surface area (Å²) in [4.78, 5) is 26.8. The summed E-state index contributed by atoms with van der Waals surface area (Å²) >= 11 is 0. The van der Waals surface area contributed by atoms with E-state index in [1.807, 2.05) is 49.4 Å². The van der Waals surface area contributed by atoms with E-state index in [0.717, 1.165) is 5.57 Å². The van der Waals surface area contributed by atoms with Crippen molar-refractivity contribution in [3.63, 3.8) is 0 Å². The average molecular weight is 601 g/mol. The fraction of sp³-hybridized carbons (Fsp3) is 0.429. The Kier molecular flexibility index (Phi) is 6.33. The Hall–Kier alpha value is -3.76. The molecule has 5 aliphatic rings. The first-order valence-electron chi connectivity index (χ1n) is 14.9. The van der Waals surface area contributed by atoms with Crippen LogP contribution in [0.15, 0.2) is 84.0 Å². The molecule has 230 valence electrons. The molecule has 0 aromatic heterocycles. The maximum Gasteiger partial charge on any atom is 0.338 e. The highest BCUT2D eigenvalue weighted by molar-refractivity contribution is 6.05. The zero-order valence-corrected chi connectivity index (χ0v) is 25.2. The summed E-state index contributed by atoms with van der Waals surface area (Å²) < 4.78 is 31.6. The van der Waals surface area contributed by atoms with Gasteiger partial charge < -0.3 is 33.9 Å². The molecule has 7 rings (SSSR count). The number of carbonyl (C=O) groups is 2. The number of hydrogen-bond donors (Lipinski definition) is 2. The van der Waals surface area contributed by atoms with Crippen LogP contribution >= 0.6 is 0 Å². The van der Waals surface area contributed by atoms with Gasteiger partial charge in [-0.25, -0.2) is 4.79 Å². The number of rotatable bonds is 6. The number of methoxy groups -OCH3 is 1. The molecule has 0 spiro atoms. The van der Waals surface area contributed by atoms with E-state index in [9.17, 15) is 19.8 Å². The summed E-state index contributed by atoms with van der Waals surface area (Å²) in [5.41, 5.74) is -1.13. The van der Waals surface area contributed by atoms with Gasteiger partial charge >= 0.3 is 11.9 Å². The minimum Gasteiger partial charge on any atom is -0.504 e. The Bertz CT molecular complexity index is 1640. The zero-order valence-electron chi connectivity index (χ0n) is 25.2.